The van der Waals surface area contributed by atoms with Gasteiger partial charge in [-0.15, -0.1) is 5.10 Å². The first-order valence-electron chi connectivity index (χ1n) is 12.4. The molecule has 0 aliphatic carbocycles. The number of methoxy groups -OCH3 is 1. The summed E-state index contributed by atoms with van der Waals surface area (Å²) in [6.45, 7) is 1.62. The lowest BCUT2D eigenvalue weighted by molar-refractivity contribution is -0.242. The van der Waals surface area contributed by atoms with Gasteiger partial charge in [-0.2, -0.15) is 13.2 Å². The lowest BCUT2D eigenvalue weighted by atomic mass is 10.1. The van der Waals surface area contributed by atoms with Crippen molar-refractivity contribution in [1.29, 1.82) is 0 Å². The van der Waals surface area contributed by atoms with E-state index < -0.39 is 40.0 Å². The van der Waals surface area contributed by atoms with Crippen LogP contribution in [0.2, 0.25) is 0 Å². The van der Waals surface area contributed by atoms with Crippen LogP contribution in [0.15, 0.2) is 23.1 Å². The molecule has 3 heterocycles. The van der Waals surface area contributed by atoms with Crippen LogP contribution in [-0.2, 0) is 32.5 Å². The molecule has 0 bridgehead atoms. The Morgan fingerprint density at radius 1 is 1.25 bits per heavy atom. The number of fused-ring (bicyclic) bond motifs is 2. The van der Waals surface area contributed by atoms with Gasteiger partial charge < -0.3 is 19.3 Å². The third-order valence-corrected chi connectivity index (χ3v) is 8.45. The lowest BCUT2D eigenvalue weighted by Gasteiger charge is -2.36. The Kier molecular flexibility index (Phi) is 7.84. The first-order valence-corrected chi connectivity index (χ1v) is 13.8. The molecule has 0 fully saturated rings. The van der Waals surface area contributed by atoms with Gasteiger partial charge in [-0.25, -0.2) is 13.2 Å². The van der Waals surface area contributed by atoms with Gasteiger partial charge in [-0.05, 0) is 57.7 Å². The first kappa shape index (κ1) is 29.3. The number of aryl methyl sites for hydroxylation is 1. The normalized spacial score (nSPS) is 17.4. The number of carbonyl (C=O) groups is 2. The molecule has 2 N–H and O–H groups in total. The largest absolute Gasteiger partial charge is 0.486 e. The van der Waals surface area contributed by atoms with Crippen LogP contribution in [0.4, 0.5) is 29.3 Å². The average molecular weight is 591 g/mol. The van der Waals surface area contributed by atoms with Crippen LogP contribution >= 0.6 is 0 Å². The number of ether oxygens (including phenoxy) is 3. The molecule has 0 saturated carbocycles. The molecule has 220 valence electrons. The molecule has 2 aromatic rings. The first-order chi connectivity index (χ1) is 18.6. The number of alkyl halides is 3. The van der Waals surface area contributed by atoms with Gasteiger partial charge in [0.2, 0.25) is 5.60 Å². The number of aliphatic carboxylic acids is 1. The summed E-state index contributed by atoms with van der Waals surface area (Å²) in [4.78, 5) is 23.3. The predicted octanol–water partition coefficient (Wildman–Crippen LogP) is 3.94. The summed E-state index contributed by atoms with van der Waals surface area (Å²) < 4.78 is 86.1. The van der Waals surface area contributed by atoms with Crippen molar-refractivity contribution in [2.45, 2.75) is 75.3 Å². The van der Waals surface area contributed by atoms with Crippen molar-refractivity contribution in [2.24, 2.45) is 0 Å². The van der Waals surface area contributed by atoms with Gasteiger partial charge in [0.15, 0.2) is 4.90 Å². The number of carboxylic acids is 1. The van der Waals surface area contributed by atoms with E-state index in [0.29, 0.717) is 32.5 Å². The topological polar surface area (TPSA) is 149 Å². The predicted molar refractivity (Wildman–Crippen MR) is 134 cm³/mol. The van der Waals surface area contributed by atoms with Gasteiger partial charge in [-0.3, -0.25) is 19.1 Å². The molecule has 2 aliphatic rings. The van der Waals surface area contributed by atoms with Crippen LogP contribution in [0.25, 0.3) is 0 Å². The third kappa shape index (κ3) is 5.76. The highest BCUT2D eigenvalue weighted by atomic mass is 32.2. The van der Waals surface area contributed by atoms with Crippen molar-refractivity contribution in [2.75, 3.05) is 23.3 Å². The van der Waals surface area contributed by atoms with E-state index in [9.17, 15) is 31.2 Å². The fourth-order valence-corrected chi connectivity index (χ4v) is 6.26. The molecule has 0 saturated heterocycles. The standard InChI is InChI=1S/C24H29F3N4O8S/c1-23(2,24(25,26)27)39-22(34)28-14-7-9-18-17(12-14)31(13-15(38-18)8-10-19(32)33)40(35,36)20-16-6-4-5-11-30(16)29-21(20)37-3/h7,9,12,15H,4-6,8,10-11,13H2,1-3H3,(H,28,34)(H,32,33)/t15-/m0/s1. The fourth-order valence-electron chi connectivity index (χ4n) is 4.43. The molecule has 40 heavy (non-hydrogen) atoms. The SMILES string of the molecule is COc1nn2c(c1S(=O)(=O)N1C[C@H](CCC(=O)O)Oc3ccc(NC(=O)OC(C)(C)C(F)(F)F)cc31)CCCC2. The van der Waals surface area contributed by atoms with Crippen LogP contribution in [0.5, 0.6) is 11.6 Å². The minimum atomic E-state index is -4.83. The van der Waals surface area contributed by atoms with Gasteiger partial charge in [0.05, 0.1) is 25.0 Å². The number of hydrogen-bond donors (Lipinski definition) is 2. The molecule has 2 aliphatic heterocycles. The minimum absolute atomic E-state index is 0.00288. The van der Waals surface area contributed by atoms with E-state index in [-0.39, 0.29) is 47.3 Å². The Balaban J connectivity index is 1.72. The third-order valence-electron chi connectivity index (χ3n) is 6.60. The van der Waals surface area contributed by atoms with Crippen LogP contribution in [0.3, 0.4) is 0 Å². The highest BCUT2D eigenvalue weighted by Crippen LogP contribution is 2.42. The van der Waals surface area contributed by atoms with Crippen LogP contribution in [0.1, 0.15) is 45.2 Å². The Labute approximate surface area is 228 Å². The second-order valence-electron chi connectivity index (χ2n) is 9.88. The average Bonchev–Trinajstić information content (AvgIpc) is 3.25. The minimum Gasteiger partial charge on any atom is -0.486 e. The molecule has 16 heteroatoms. The number of sulfonamides is 1. The molecule has 1 aromatic heterocycles. The second kappa shape index (κ2) is 10.7. The summed E-state index contributed by atoms with van der Waals surface area (Å²) in [5.74, 6) is -1.12. The maximum absolute atomic E-state index is 14.2. The molecule has 12 nitrogen and oxygen atoms in total. The van der Waals surface area contributed by atoms with E-state index in [2.05, 4.69) is 15.2 Å². The lowest BCUT2D eigenvalue weighted by Crippen LogP contribution is -2.44. The zero-order chi connectivity index (χ0) is 29.5. The number of rotatable bonds is 8. The summed E-state index contributed by atoms with van der Waals surface area (Å²) in [5, 5.41) is 15.6. The van der Waals surface area contributed by atoms with Crippen molar-refractivity contribution >= 4 is 33.5 Å². The maximum atomic E-state index is 14.2. The number of carboxylic acid groups (broad SMARTS) is 1. The molecule has 0 radical (unpaired) electrons. The molecule has 1 atom stereocenters. The van der Waals surface area contributed by atoms with Crippen molar-refractivity contribution in [3.63, 3.8) is 0 Å². The Morgan fingerprint density at radius 3 is 2.62 bits per heavy atom. The van der Waals surface area contributed by atoms with Gasteiger partial charge in [0.25, 0.3) is 15.9 Å². The van der Waals surface area contributed by atoms with Gasteiger partial charge in [0, 0.05) is 18.7 Å². The van der Waals surface area contributed by atoms with Crippen LogP contribution in [-0.4, -0.2) is 66.9 Å². The molecule has 0 spiro atoms. The molecular weight excluding hydrogens is 561 g/mol. The van der Waals surface area contributed by atoms with E-state index in [0.717, 1.165) is 17.1 Å². The number of amides is 1. The number of carbonyl (C=O) groups excluding carboxylic acids is 1. The Hall–Kier alpha value is -3.69. The van der Waals surface area contributed by atoms with Gasteiger partial charge >= 0.3 is 18.2 Å². The summed E-state index contributed by atoms with van der Waals surface area (Å²) >= 11 is 0. The van der Waals surface area contributed by atoms with Gasteiger partial charge in [0.1, 0.15) is 11.9 Å². The maximum Gasteiger partial charge on any atom is 0.427 e. The quantitative estimate of drug-likeness (QED) is 0.466. The molecule has 4 rings (SSSR count). The molecule has 1 aromatic carbocycles. The zero-order valence-electron chi connectivity index (χ0n) is 21.9. The van der Waals surface area contributed by atoms with Crippen LogP contribution < -0.4 is 19.1 Å². The Bertz CT molecular complexity index is 1410. The monoisotopic (exact) mass is 590 g/mol. The molecular formula is C24H29F3N4O8S. The highest BCUT2D eigenvalue weighted by Gasteiger charge is 2.51. The van der Waals surface area contributed by atoms with Crippen molar-refractivity contribution in [3.05, 3.63) is 23.9 Å². The van der Waals surface area contributed by atoms with Crippen molar-refractivity contribution < 1.29 is 50.5 Å². The number of benzene rings is 1. The molecule has 1 amide bonds. The number of nitrogens with one attached hydrogen (secondary N) is 1. The zero-order valence-corrected chi connectivity index (χ0v) is 22.8. The number of halogens is 3. The van der Waals surface area contributed by atoms with Gasteiger partial charge in [-0.1, -0.05) is 0 Å². The summed E-state index contributed by atoms with van der Waals surface area (Å²) in [7, 11) is -3.08. The fraction of sp³-hybridized carbons (Fsp3) is 0.542. The Morgan fingerprint density at radius 2 is 1.98 bits per heavy atom. The van der Waals surface area contributed by atoms with Crippen LogP contribution in [0, 0.1) is 0 Å². The molecule has 0 unspecified atom stereocenters. The van der Waals surface area contributed by atoms with Crippen molar-refractivity contribution in [3.8, 4) is 11.6 Å². The van der Waals surface area contributed by atoms with Crippen molar-refractivity contribution in [1.82, 2.24) is 9.78 Å². The highest BCUT2D eigenvalue weighted by molar-refractivity contribution is 7.93. The number of nitrogens with zero attached hydrogens (tertiary/aromatic N) is 3. The summed E-state index contributed by atoms with van der Waals surface area (Å²) in [6, 6.07) is 3.86. The summed E-state index contributed by atoms with van der Waals surface area (Å²) in [6.07, 6.45) is -5.34. The number of anilines is 2. The second-order valence-corrected chi connectivity index (χ2v) is 11.7. The van der Waals surface area contributed by atoms with E-state index in [1.807, 2.05) is 0 Å². The number of hydrogen-bond acceptors (Lipinski definition) is 8. The van der Waals surface area contributed by atoms with E-state index in [1.54, 1.807) is 4.68 Å². The number of aromatic nitrogens is 2. The van der Waals surface area contributed by atoms with E-state index in [4.69, 9.17) is 14.6 Å². The van der Waals surface area contributed by atoms with E-state index in [1.165, 1.54) is 25.3 Å². The smallest absolute Gasteiger partial charge is 0.427 e. The summed E-state index contributed by atoms with van der Waals surface area (Å²) in [5.41, 5.74) is -2.39. The van der Waals surface area contributed by atoms with E-state index >= 15 is 0 Å².